The van der Waals surface area contributed by atoms with E-state index >= 15 is 0 Å². The highest BCUT2D eigenvalue weighted by Gasteiger charge is 2.33. The number of rotatable bonds is 8. The maximum Gasteiger partial charge on any atom is 0.406 e. The molecule has 6 nitrogen and oxygen atoms in total. The molecule has 9 heteroatoms. The second kappa shape index (κ2) is 8.61. The largest absolute Gasteiger partial charge is 0.497 e. The van der Waals surface area contributed by atoms with E-state index in [2.05, 4.69) is 0 Å². The predicted molar refractivity (Wildman–Crippen MR) is 88.7 cm³/mol. The molecule has 0 aliphatic carbocycles. The van der Waals surface area contributed by atoms with Crippen molar-refractivity contribution in [1.29, 1.82) is 0 Å². The summed E-state index contributed by atoms with van der Waals surface area (Å²) in [6.07, 6.45) is -3.28. The Balaban J connectivity index is 2.14. The molecule has 1 heterocycles. The van der Waals surface area contributed by atoms with Crippen LogP contribution in [0.1, 0.15) is 23.0 Å². The van der Waals surface area contributed by atoms with Gasteiger partial charge in [-0.1, -0.05) is 0 Å². The number of halogens is 3. The normalized spacial score (nSPS) is 11.1. The van der Waals surface area contributed by atoms with Crippen LogP contribution in [-0.4, -0.2) is 43.0 Å². The van der Waals surface area contributed by atoms with Crippen LogP contribution in [0.5, 0.6) is 11.5 Å². The number of furan rings is 1. The molecule has 0 aliphatic rings. The Morgan fingerprint density at radius 1 is 1.22 bits per heavy atom. The van der Waals surface area contributed by atoms with E-state index in [1.54, 1.807) is 0 Å². The number of benzene rings is 1. The summed E-state index contributed by atoms with van der Waals surface area (Å²) in [6, 6.07) is 7.37. The van der Waals surface area contributed by atoms with Gasteiger partial charge in [0.1, 0.15) is 23.8 Å². The second-order valence-electron chi connectivity index (χ2n) is 5.65. The van der Waals surface area contributed by atoms with Gasteiger partial charge in [0.15, 0.2) is 12.4 Å². The summed E-state index contributed by atoms with van der Waals surface area (Å²) < 4.78 is 53.8. The third kappa shape index (κ3) is 6.05. The van der Waals surface area contributed by atoms with E-state index in [4.69, 9.17) is 13.9 Å². The maximum atomic E-state index is 12.8. The molecule has 0 fully saturated rings. The number of nitrogens with zero attached hydrogens (tertiary/aromatic N) is 1. The van der Waals surface area contributed by atoms with Crippen LogP contribution in [-0.2, 0) is 11.3 Å². The van der Waals surface area contributed by atoms with Crippen molar-refractivity contribution in [3.8, 4) is 11.5 Å². The first-order valence-electron chi connectivity index (χ1n) is 7.88. The molecule has 0 aliphatic heterocycles. The van der Waals surface area contributed by atoms with Crippen LogP contribution < -0.4 is 9.47 Å². The summed E-state index contributed by atoms with van der Waals surface area (Å²) >= 11 is 0. The van der Waals surface area contributed by atoms with Crippen LogP contribution in [0.4, 0.5) is 13.2 Å². The van der Waals surface area contributed by atoms with Crippen molar-refractivity contribution in [3.63, 3.8) is 0 Å². The molecule has 27 heavy (non-hydrogen) atoms. The monoisotopic (exact) mass is 385 g/mol. The van der Waals surface area contributed by atoms with Gasteiger partial charge in [0.05, 0.1) is 25.5 Å². The van der Waals surface area contributed by atoms with E-state index < -0.39 is 25.2 Å². The number of ether oxygens (including phenoxy) is 2. The molecule has 0 radical (unpaired) electrons. The van der Waals surface area contributed by atoms with Crippen molar-refractivity contribution < 1.29 is 36.7 Å². The average Bonchev–Trinajstić information content (AvgIpc) is 3.10. The van der Waals surface area contributed by atoms with E-state index in [9.17, 15) is 22.8 Å². The number of ketones is 1. The first kappa shape index (κ1) is 20.3. The van der Waals surface area contributed by atoms with Crippen LogP contribution >= 0.6 is 0 Å². The molecule has 0 unspecified atom stereocenters. The molecule has 0 saturated carbocycles. The van der Waals surface area contributed by atoms with E-state index in [0.717, 1.165) is 0 Å². The minimum absolute atomic E-state index is 0.0557. The lowest BCUT2D eigenvalue weighted by molar-refractivity contribution is -0.164. The molecule has 0 N–H and O–H groups in total. The lowest BCUT2D eigenvalue weighted by Gasteiger charge is -2.23. The number of carbonyl (C=O) groups excluding carboxylic acids is 2. The summed E-state index contributed by atoms with van der Waals surface area (Å²) in [4.78, 5) is 24.5. The Bertz CT molecular complexity index is 787. The lowest BCUT2D eigenvalue weighted by Crippen LogP contribution is -2.41. The number of carbonyl (C=O) groups is 2. The van der Waals surface area contributed by atoms with E-state index in [0.29, 0.717) is 10.6 Å². The van der Waals surface area contributed by atoms with E-state index in [1.807, 2.05) is 0 Å². The zero-order chi connectivity index (χ0) is 20.0. The van der Waals surface area contributed by atoms with Gasteiger partial charge in [-0.15, -0.1) is 0 Å². The number of hydrogen-bond donors (Lipinski definition) is 0. The quantitative estimate of drug-likeness (QED) is 0.651. The second-order valence-corrected chi connectivity index (χ2v) is 5.65. The Morgan fingerprint density at radius 3 is 2.52 bits per heavy atom. The highest BCUT2D eigenvalue weighted by molar-refractivity contribution is 5.97. The van der Waals surface area contributed by atoms with Gasteiger partial charge in [-0.25, -0.2) is 0 Å². The van der Waals surface area contributed by atoms with Gasteiger partial charge < -0.3 is 18.8 Å². The molecule has 0 atom stereocenters. The Morgan fingerprint density at radius 2 is 1.96 bits per heavy atom. The SMILES string of the molecule is COc1ccc(C(C)=O)c(OCC(=O)N(Cc2ccco2)CC(F)(F)F)c1. The number of alkyl halides is 3. The number of Topliss-reactive ketones (excluding diaryl/α,β-unsaturated/α-hetero) is 1. The summed E-state index contributed by atoms with van der Waals surface area (Å²) in [5.74, 6) is -0.576. The molecule has 146 valence electrons. The predicted octanol–water partition coefficient (Wildman–Crippen LogP) is 3.46. The van der Waals surface area contributed by atoms with Crippen LogP contribution in [0.25, 0.3) is 0 Å². The van der Waals surface area contributed by atoms with E-state index in [1.165, 1.54) is 50.6 Å². The van der Waals surface area contributed by atoms with Gasteiger partial charge in [0, 0.05) is 6.07 Å². The van der Waals surface area contributed by atoms with Crippen LogP contribution in [0.15, 0.2) is 41.0 Å². The van der Waals surface area contributed by atoms with Crippen molar-refractivity contribution >= 4 is 11.7 Å². The molecule has 0 saturated heterocycles. The number of amides is 1. The third-order valence-corrected chi connectivity index (χ3v) is 3.57. The van der Waals surface area contributed by atoms with Crippen LogP contribution in [0.3, 0.4) is 0 Å². The summed E-state index contributed by atoms with van der Waals surface area (Å²) in [6.45, 7) is -1.17. The smallest absolute Gasteiger partial charge is 0.406 e. The highest BCUT2D eigenvalue weighted by atomic mass is 19.4. The third-order valence-electron chi connectivity index (χ3n) is 3.57. The minimum Gasteiger partial charge on any atom is -0.497 e. The standard InChI is InChI=1S/C18H18F3NO5/c1-12(23)15-6-5-13(25-2)8-16(15)27-10-17(24)22(11-18(19,20)21)9-14-4-3-7-26-14/h3-8H,9-11H2,1-2H3. The van der Waals surface area contributed by atoms with Gasteiger partial charge in [-0.05, 0) is 31.2 Å². The summed E-state index contributed by atoms with van der Waals surface area (Å²) in [7, 11) is 1.41. The van der Waals surface area contributed by atoms with Gasteiger partial charge in [-0.3, -0.25) is 9.59 Å². The molecule has 1 amide bonds. The van der Waals surface area contributed by atoms with Crippen LogP contribution in [0.2, 0.25) is 0 Å². The first-order chi connectivity index (χ1) is 12.7. The zero-order valence-corrected chi connectivity index (χ0v) is 14.7. The van der Waals surface area contributed by atoms with Gasteiger partial charge in [-0.2, -0.15) is 13.2 Å². The Hall–Kier alpha value is -2.97. The topological polar surface area (TPSA) is 69.0 Å². The Kier molecular flexibility index (Phi) is 6.49. The molecule has 2 aromatic rings. The summed E-state index contributed by atoms with van der Waals surface area (Å²) in [5, 5.41) is 0. The maximum absolute atomic E-state index is 12.8. The fourth-order valence-electron chi connectivity index (χ4n) is 2.31. The van der Waals surface area contributed by atoms with Crippen molar-refractivity contribution in [2.24, 2.45) is 0 Å². The van der Waals surface area contributed by atoms with Gasteiger partial charge >= 0.3 is 6.18 Å². The van der Waals surface area contributed by atoms with E-state index in [-0.39, 0.29) is 29.4 Å². The molecule has 0 bridgehead atoms. The molecule has 2 rings (SSSR count). The highest BCUT2D eigenvalue weighted by Crippen LogP contribution is 2.26. The molecule has 1 aromatic carbocycles. The number of methoxy groups -OCH3 is 1. The van der Waals surface area contributed by atoms with Crippen molar-refractivity contribution in [1.82, 2.24) is 4.90 Å². The summed E-state index contributed by atoms with van der Waals surface area (Å²) in [5.41, 5.74) is 0.192. The average molecular weight is 385 g/mol. The number of hydrogen-bond acceptors (Lipinski definition) is 5. The minimum atomic E-state index is -4.58. The molecular formula is C18H18F3NO5. The lowest BCUT2D eigenvalue weighted by atomic mass is 10.1. The fraction of sp³-hybridized carbons (Fsp3) is 0.333. The van der Waals surface area contributed by atoms with Crippen molar-refractivity contribution in [2.75, 3.05) is 20.3 Å². The Labute approximate surface area is 153 Å². The molecule has 0 spiro atoms. The van der Waals surface area contributed by atoms with Gasteiger partial charge in [0.25, 0.3) is 5.91 Å². The molecule has 1 aromatic heterocycles. The first-order valence-corrected chi connectivity index (χ1v) is 7.88. The van der Waals surface area contributed by atoms with Crippen molar-refractivity contribution in [2.45, 2.75) is 19.6 Å². The molecular weight excluding hydrogens is 367 g/mol. The zero-order valence-electron chi connectivity index (χ0n) is 14.7. The van der Waals surface area contributed by atoms with Gasteiger partial charge in [0.2, 0.25) is 0 Å². The van der Waals surface area contributed by atoms with Crippen LogP contribution in [0, 0.1) is 0 Å². The fourth-order valence-corrected chi connectivity index (χ4v) is 2.31. The van der Waals surface area contributed by atoms with Crippen molar-refractivity contribution in [3.05, 3.63) is 47.9 Å².